The van der Waals surface area contributed by atoms with Crippen molar-refractivity contribution in [2.45, 2.75) is 52.0 Å². The summed E-state index contributed by atoms with van der Waals surface area (Å²) in [6.07, 6.45) is 5.75. The van der Waals surface area contributed by atoms with Gasteiger partial charge in [-0.15, -0.1) is 0 Å². The van der Waals surface area contributed by atoms with Gasteiger partial charge in [-0.05, 0) is 38.8 Å². The molecule has 0 aliphatic carbocycles. The molecule has 1 aliphatic rings. The molecule has 0 aromatic carbocycles. The summed E-state index contributed by atoms with van der Waals surface area (Å²) in [6.45, 7) is 5.40. The van der Waals surface area contributed by atoms with E-state index in [0.717, 1.165) is 37.3 Å². The highest BCUT2D eigenvalue weighted by molar-refractivity contribution is 5.11. The first kappa shape index (κ1) is 11.5. The molecule has 1 N–H and O–H groups in total. The Morgan fingerprint density at radius 1 is 1.44 bits per heavy atom. The molecule has 1 aromatic rings. The van der Waals surface area contributed by atoms with Crippen molar-refractivity contribution >= 4 is 0 Å². The summed E-state index contributed by atoms with van der Waals surface area (Å²) in [5.41, 5.74) is 2.30. The van der Waals surface area contributed by atoms with Crippen LogP contribution in [0.4, 0.5) is 0 Å². The van der Waals surface area contributed by atoms with Crippen LogP contribution in [0.25, 0.3) is 0 Å². The average Bonchev–Trinajstić information content (AvgIpc) is 2.70. The second-order valence-electron chi connectivity index (χ2n) is 4.66. The minimum Gasteiger partial charge on any atom is -0.314 e. The molecule has 0 radical (unpaired) electrons. The number of rotatable bonds is 4. The number of aryl methyl sites for hydroxylation is 2. The summed E-state index contributed by atoms with van der Waals surface area (Å²) in [6, 6.07) is 2.70. The number of hydrogen-bond acceptors (Lipinski definition) is 3. The van der Waals surface area contributed by atoms with E-state index in [0.29, 0.717) is 6.04 Å². The third-order valence-electron chi connectivity index (χ3n) is 3.05. The lowest BCUT2D eigenvalue weighted by Crippen LogP contribution is -2.25. The molecule has 0 amide bonds. The first-order valence-electron chi connectivity index (χ1n) is 6.34. The first-order chi connectivity index (χ1) is 7.78. The van der Waals surface area contributed by atoms with Crippen molar-refractivity contribution in [1.29, 1.82) is 0 Å². The van der Waals surface area contributed by atoms with E-state index >= 15 is 0 Å². The number of aromatic nitrogens is 2. The van der Waals surface area contributed by atoms with Crippen LogP contribution in [0.3, 0.4) is 0 Å². The average molecular weight is 219 g/mol. The third-order valence-corrected chi connectivity index (χ3v) is 3.05. The van der Waals surface area contributed by atoms with Crippen LogP contribution in [-0.2, 0) is 12.8 Å². The number of hydrogen-bond donors (Lipinski definition) is 1. The van der Waals surface area contributed by atoms with Crippen LogP contribution in [0, 0.1) is 6.92 Å². The molecule has 3 heteroatoms. The summed E-state index contributed by atoms with van der Waals surface area (Å²) >= 11 is 0. The summed E-state index contributed by atoms with van der Waals surface area (Å²) in [7, 11) is 0. The topological polar surface area (TPSA) is 37.8 Å². The Labute approximate surface area is 97.7 Å². The normalized spacial score (nSPS) is 20.2. The van der Waals surface area contributed by atoms with Gasteiger partial charge in [0.15, 0.2) is 0 Å². The van der Waals surface area contributed by atoms with E-state index in [1.807, 2.05) is 0 Å². The maximum atomic E-state index is 4.64. The van der Waals surface area contributed by atoms with Crippen molar-refractivity contribution in [2.75, 3.05) is 6.54 Å². The predicted octanol–water partition coefficient (Wildman–Crippen LogP) is 2.03. The molecule has 2 rings (SSSR count). The Kier molecular flexibility index (Phi) is 3.88. The van der Waals surface area contributed by atoms with Gasteiger partial charge in [0.25, 0.3) is 0 Å². The van der Waals surface area contributed by atoms with Crippen molar-refractivity contribution < 1.29 is 0 Å². The molecule has 0 spiro atoms. The van der Waals surface area contributed by atoms with E-state index in [-0.39, 0.29) is 0 Å². The maximum Gasteiger partial charge on any atom is 0.130 e. The third kappa shape index (κ3) is 3.01. The Balaban J connectivity index is 2.06. The molecular weight excluding hydrogens is 198 g/mol. The minimum atomic E-state index is 0.594. The fourth-order valence-electron chi connectivity index (χ4n) is 2.33. The van der Waals surface area contributed by atoms with E-state index in [9.17, 15) is 0 Å². The molecule has 0 saturated carbocycles. The highest BCUT2D eigenvalue weighted by Crippen LogP contribution is 2.11. The van der Waals surface area contributed by atoms with Crippen LogP contribution >= 0.6 is 0 Å². The lowest BCUT2D eigenvalue weighted by atomic mass is 10.1. The standard InChI is InChI=1S/C13H21N3/c1-3-5-12-8-10(2)15-13(16-12)9-11-6-4-7-14-11/h8,11,14H,3-7,9H2,1-2H3. The summed E-state index contributed by atoms with van der Waals surface area (Å²) in [5, 5.41) is 3.50. The van der Waals surface area contributed by atoms with Crippen LogP contribution in [-0.4, -0.2) is 22.6 Å². The van der Waals surface area contributed by atoms with Crippen LogP contribution < -0.4 is 5.32 Å². The molecule has 1 aliphatic heterocycles. The molecule has 1 aromatic heterocycles. The molecule has 88 valence electrons. The van der Waals surface area contributed by atoms with Crippen LogP contribution in [0.2, 0.25) is 0 Å². The van der Waals surface area contributed by atoms with Crippen molar-refractivity contribution in [3.8, 4) is 0 Å². The summed E-state index contributed by atoms with van der Waals surface area (Å²) in [5.74, 6) is 1.02. The summed E-state index contributed by atoms with van der Waals surface area (Å²) < 4.78 is 0. The van der Waals surface area contributed by atoms with Crippen molar-refractivity contribution in [1.82, 2.24) is 15.3 Å². The van der Waals surface area contributed by atoms with Gasteiger partial charge in [-0.25, -0.2) is 9.97 Å². The zero-order chi connectivity index (χ0) is 11.4. The monoisotopic (exact) mass is 219 g/mol. The fourth-order valence-corrected chi connectivity index (χ4v) is 2.33. The van der Waals surface area contributed by atoms with Gasteiger partial charge < -0.3 is 5.32 Å². The zero-order valence-corrected chi connectivity index (χ0v) is 10.3. The second kappa shape index (κ2) is 5.39. The second-order valence-corrected chi connectivity index (χ2v) is 4.66. The van der Waals surface area contributed by atoms with Crippen molar-refractivity contribution in [3.63, 3.8) is 0 Å². The molecule has 2 heterocycles. The Hall–Kier alpha value is -0.960. The molecular formula is C13H21N3. The highest BCUT2D eigenvalue weighted by Gasteiger charge is 2.16. The minimum absolute atomic E-state index is 0.594. The SMILES string of the molecule is CCCc1cc(C)nc(CC2CCCN2)n1. The van der Waals surface area contributed by atoms with Gasteiger partial charge in [-0.3, -0.25) is 0 Å². The zero-order valence-electron chi connectivity index (χ0n) is 10.3. The fraction of sp³-hybridized carbons (Fsp3) is 0.692. The molecule has 1 fully saturated rings. The first-order valence-corrected chi connectivity index (χ1v) is 6.34. The smallest absolute Gasteiger partial charge is 0.130 e. The van der Waals surface area contributed by atoms with Gasteiger partial charge in [0.2, 0.25) is 0 Å². The van der Waals surface area contributed by atoms with Crippen molar-refractivity contribution in [3.05, 3.63) is 23.3 Å². The molecule has 0 bridgehead atoms. The van der Waals surface area contributed by atoms with Gasteiger partial charge in [0.05, 0.1) is 0 Å². The van der Waals surface area contributed by atoms with Gasteiger partial charge in [-0.2, -0.15) is 0 Å². The molecule has 3 nitrogen and oxygen atoms in total. The Morgan fingerprint density at radius 2 is 2.31 bits per heavy atom. The van der Waals surface area contributed by atoms with E-state index in [1.54, 1.807) is 0 Å². The Morgan fingerprint density at radius 3 is 3.00 bits per heavy atom. The van der Waals surface area contributed by atoms with Gasteiger partial charge >= 0.3 is 0 Å². The van der Waals surface area contributed by atoms with Crippen LogP contribution in [0.1, 0.15) is 43.4 Å². The van der Waals surface area contributed by atoms with Crippen LogP contribution in [0.5, 0.6) is 0 Å². The van der Waals surface area contributed by atoms with Gasteiger partial charge in [0.1, 0.15) is 5.82 Å². The molecule has 1 atom stereocenters. The van der Waals surface area contributed by atoms with E-state index in [4.69, 9.17) is 0 Å². The quantitative estimate of drug-likeness (QED) is 0.842. The van der Waals surface area contributed by atoms with Crippen LogP contribution in [0.15, 0.2) is 6.07 Å². The van der Waals surface area contributed by atoms with Crippen molar-refractivity contribution in [2.24, 2.45) is 0 Å². The highest BCUT2D eigenvalue weighted by atomic mass is 15.0. The number of nitrogens with one attached hydrogen (secondary N) is 1. The lowest BCUT2D eigenvalue weighted by molar-refractivity contribution is 0.581. The molecule has 1 unspecified atom stereocenters. The van der Waals surface area contributed by atoms with Gasteiger partial charge in [-0.1, -0.05) is 13.3 Å². The Bertz CT molecular complexity index is 343. The molecule has 16 heavy (non-hydrogen) atoms. The summed E-state index contributed by atoms with van der Waals surface area (Å²) in [4.78, 5) is 9.16. The lowest BCUT2D eigenvalue weighted by Gasteiger charge is -2.10. The van der Waals surface area contributed by atoms with E-state index in [2.05, 4.69) is 35.2 Å². The predicted molar refractivity (Wildman–Crippen MR) is 65.5 cm³/mol. The number of nitrogens with zero attached hydrogens (tertiary/aromatic N) is 2. The molecule has 1 saturated heterocycles. The maximum absolute atomic E-state index is 4.64. The van der Waals surface area contributed by atoms with E-state index in [1.165, 1.54) is 18.5 Å². The van der Waals surface area contributed by atoms with E-state index < -0.39 is 0 Å². The van der Waals surface area contributed by atoms with Gasteiger partial charge in [0, 0.05) is 23.9 Å². The largest absolute Gasteiger partial charge is 0.314 e.